The SMILES string of the molecule is CC1=C(C)N(c2c(C)cccc2OCCc2ccccn2)[C]N1c1c(C)cc(C)cc1C. The zero-order valence-electron chi connectivity index (χ0n) is 19.9. The molecule has 0 aliphatic carbocycles. The minimum absolute atomic E-state index is 0.572. The van der Waals surface area contributed by atoms with E-state index in [1.807, 2.05) is 36.5 Å². The van der Waals surface area contributed by atoms with Gasteiger partial charge in [-0.15, -0.1) is 0 Å². The molecule has 0 spiro atoms. The van der Waals surface area contributed by atoms with Crippen molar-refractivity contribution in [3.05, 3.63) is 101 Å². The first-order valence-electron chi connectivity index (χ1n) is 11.1. The molecule has 32 heavy (non-hydrogen) atoms. The molecule has 0 saturated carbocycles. The standard InChI is InChI=1S/C28H31N3O/c1-19-16-21(3)27(22(4)17-19)30-18-31(24(6)23(30)5)28-20(2)10-9-12-26(28)32-15-13-25-11-7-8-14-29-25/h7-12,14,16-17H,13,15H2,1-6H3. The average Bonchev–Trinajstić information content (AvgIpc) is 3.03. The average molecular weight is 426 g/mol. The Morgan fingerprint density at radius 3 is 2.12 bits per heavy atom. The number of ether oxygens (including phenoxy) is 1. The quantitative estimate of drug-likeness (QED) is 0.450. The molecule has 0 amide bonds. The van der Waals surface area contributed by atoms with E-state index < -0.39 is 0 Å². The van der Waals surface area contributed by atoms with Crippen molar-refractivity contribution in [1.82, 2.24) is 4.98 Å². The molecule has 4 rings (SSSR count). The normalized spacial score (nSPS) is 13.8. The first-order valence-corrected chi connectivity index (χ1v) is 11.1. The van der Waals surface area contributed by atoms with Gasteiger partial charge in [0.25, 0.3) is 0 Å². The highest BCUT2D eigenvalue weighted by atomic mass is 16.5. The Hall–Kier alpha value is -3.27. The molecule has 4 nitrogen and oxygen atoms in total. The number of aromatic nitrogens is 1. The molecular formula is C28H31N3O. The second kappa shape index (κ2) is 9.07. The number of nitrogens with zero attached hydrogens (tertiary/aromatic N) is 3. The minimum Gasteiger partial charge on any atom is -0.491 e. The predicted octanol–water partition coefficient (Wildman–Crippen LogP) is 6.51. The van der Waals surface area contributed by atoms with Crippen molar-refractivity contribution >= 4 is 11.4 Å². The van der Waals surface area contributed by atoms with Gasteiger partial charge in [0.05, 0.1) is 12.3 Å². The van der Waals surface area contributed by atoms with E-state index in [1.165, 1.54) is 28.1 Å². The minimum atomic E-state index is 0.572. The number of rotatable bonds is 6. The fourth-order valence-corrected chi connectivity index (χ4v) is 4.38. The number of anilines is 2. The first kappa shape index (κ1) is 21.9. The molecule has 0 fully saturated rings. The molecule has 1 aliphatic rings. The van der Waals surface area contributed by atoms with Gasteiger partial charge >= 0.3 is 0 Å². The summed E-state index contributed by atoms with van der Waals surface area (Å²) in [4.78, 5) is 8.72. The molecular weight excluding hydrogens is 394 g/mol. The van der Waals surface area contributed by atoms with Crippen LogP contribution in [0.3, 0.4) is 0 Å². The zero-order valence-corrected chi connectivity index (χ0v) is 19.9. The molecule has 4 heteroatoms. The molecule has 0 atom stereocenters. The van der Waals surface area contributed by atoms with Crippen LogP contribution in [0.25, 0.3) is 0 Å². The summed E-state index contributed by atoms with van der Waals surface area (Å²) in [6.45, 7) is 17.1. The maximum Gasteiger partial charge on any atom is 0.218 e. The summed E-state index contributed by atoms with van der Waals surface area (Å²) < 4.78 is 6.26. The smallest absolute Gasteiger partial charge is 0.218 e. The summed E-state index contributed by atoms with van der Waals surface area (Å²) in [6.07, 6.45) is 2.59. The number of hydrogen-bond acceptors (Lipinski definition) is 4. The summed E-state index contributed by atoms with van der Waals surface area (Å²) in [6, 6.07) is 16.6. The first-order chi connectivity index (χ1) is 15.4. The van der Waals surface area contributed by atoms with E-state index in [4.69, 9.17) is 4.74 Å². The Morgan fingerprint density at radius 1 is 0.781 bits per heavy atom. The van der Waals surface area contributed by atoms with E-state index in [2.05, 4.69) is 81.2 Å². The summed E-state index contributed by atoms with van der Waals surface area (Å²) >= 11 is 0. The van der Waals surface area contributed by atoms with Crippen LogP contribution in [0.1, 0.15) is 41.8 Å². The van der Waals surface area contributed by atoms with Crippen LogP contribution in [0.2, 0.25) is 0 Å². The van der Waals surface area contributed by atoms with E-state index in [9.17, 15) is 0 Å². The molecule has 0 bridgehead atoms. The Balaban J connectivity index is 1.61. The fourth-order valence-electron chi connectivity index (χ4n) is 4.38. The fraction of sp³-hybridized carbons (Fsp3) is 0.286. The van der Waals surface area contributed by atoms with E-state index in [-0.39, 0.29) is 0 Å². The highest BCUT2D eigenvalue weighted by Gasteiger charge is 2.31. The highest BCUT2D eigenvalue weighted by molar-refractivity contribution is 5.76. The van der Waals surface area contributed by atoms with Gasteiger partial charge in [0.2, 0.25) is 6.67 Å². The van der Waals surface area contributed by atoms with Crippen LogP contribution in [0.5, 0.6) is 5.75 Å². The summed E-state index contributed by atoms with van der Waals surface area (Å²) in [5.74, 6) is 0.861. The number of hydrogen-bond donors (Lipinski definition) is 0. The van der Waals surface area contributed by atoms with Crippen LogP contribution in [0, 0.1) is 34.4 Å². The number of allylic oxidation sites excluding steroid dienone is 2. The van der Waals surface area contributed by atoms with Crippen molar-refractivity contribution < 1.29 is 4.74 Å². The van der Waals surface area contributed by atoms with Crippen LogP contribution in [-0.4, -0.2) is 11.6 Å². The lowest BCUT2D eigenvalue weighted by atomic mass is 10.0. The molecule has 1 aromatic heterocycles. The lowest BCUT2D eigenvalue weighted by Gasteiger charge is -2.27. The van der Waals surface area contributed by atoms with E-state index >= 15 is 0 Å². The third-order valence-corrected chi connectivity index (χ3v) is 6.02. The second-order valence-electron chi connectivity index (χ2n) is 8.53. The summed E-state index contributed by atoms with van der Waals surface area (Å²) in [7, 11) is 0. The molecule has 1 aliphatic heterocycles. The molecule has 0 N–H and O–H groups in total. The predicted molar refractivity (Wildman–Crippen MR) is 132 cm³/mol. The van der Waals surface area contributed by atoms with Gasteiger partial charge in [0, 0.05) is 35.4 Å². The third-order valence-electron chi connectivity index (χ3n) is 6.02. The Bertz CT molecular complexity index is 1130. The maximum atomic E-state index is 6.26. The Morgan fingerprint density at radius 2 is 1.47 bits per heavy atom. The van der Waals surface area contributed by atoms with Gasteiger partial charge in [-0.1, -0.05) is 35.9 Å². The van der Waals surface area contributed by atoms with Crippen LogP contribution < -0.4 is 14.5 Å². The van der Waals surface area contributed by atoms with Crippen molar-refractivity contribution in [1.29, 1.82) is 0 Å². The topological polar surface area (TPSA) is 28.6 Å². The second-order valence-corrected chi connectivity index (χ2v) is 8.53. The van der Waals surface area contributed by atoms with Crippen LogP contribution in [-0.2, 0) is 6.42 Å². The Labute approximate surface area is 192 Å². The summed E-state index contributed by atoms with van der Waals surface area (Å²) in [5, 5.41) is 0. The van der Waals surface area contributed by atoms with Gasteiger partial charge in [-0.2, -0.15) is 0 Å². The van der Waals surface area contributed by atoms with Crippen molar-refractivity contribution in [2.24, 2.45) is 0 Å². The van der Waals surface area contributed by atoms with Crippen molar-refractivity contribution in [2.75, 3.05) is 16.4 Å². The molecule has 2 aromatic carbocycles. The van der Waals surface area contributed by atoms with Crippen molar-refractivity contribution in [3.63, 3.8) is 0 Å². The molecule has 3 aromatic rings. The molecule has 0 unspecified atom stereocenters. The van der Waals surface area contributed by atoms with Gasteiger partial charge in [0.1, 0.15) is 5.75 Å². The van der Waals surface area contributed by atoms with Gasteiger partial charge < -0.3 is 14.5 Å². The lowest BCUT2D eigenvalue weighted by Crippen LogP contribution is -2.23. The zero-order chi connectivity index (χ0) is 22.8. The molecule has 2 heterocycles. The maximum absolute atomic E-state index is 6.26. The highest BCUT2D eigenvalue weighted by Crippen LogP contribution is 2.43. The van der Waals surface area contributed by atoms with Crippen molar-refractivity contribution in [2.45, 2.75) is 48.0 Å². The van der Waals surface area contributed by atoms with Gasteiger partial charge in [0.15, 0.2) is 0 Å². The van der Waals surface area contributed by atoms with Crippen molar-refractivity contribution in [3.8, 4) is 5.75 Å². The monoisotopic (exact) mass is 425 g/mol. The molecule has 2 radical (unpaired) electrons. The van der Waals surface area contributed by atoms with Gasteiger partial charge in [-0.25, -0.2) is 0 Å². The largest absolute Gasteiger partial charge is 0.491 e. The lowest BCUT2D eigenvalue weighted by molar-refractivity contribution is 0.321. The Kier molecular flexibility index (Phi) is 6.22. The summed E-state index contributed by atoms with van der Waals surface area (Å²) in [5.41, 5.74) is 10.5. The van der Waals surface area contributed by atoms with E-state index in [1.54, 1.807) is 0 Å². The number of para-hydroxylation sites is 1. The number of pyridine rings is 1. The van der Waals surface area contributed by atoms with Crippen LogP contribution in [0.15, 0.2) is 66.1 Å². The van der Waals surface area contributed by atoms with Gasteiger partial charge in [-0.3, -0.25) is 4.98 Å². The molecule has 0 saturated heterocycles. The number of aryl methyl sites for hydroxylation is 4. The molecule has 164 valence electrons. The van der Waals surface area contributed by atoms with Crippen LogP contribution >= 0.6 is 0 Å². The van der Waals surface area contributed by atoms with E-state index in [0.717, 1.165) is 34.8 Å². The third kappa shape index (κ3) is 4.22. The van der Waals surface area contributed by atoms with Crippen LogP contribution in [0.4, 0.5) is 11.4 Å². The van der Waals surface area contributed by atoms with E-state index in [0.29, 0.717) is 6.61 Å². The number of benzene rings is 2. The van der Waals surface area contributed by atoms with Gasteiger partial charge in [-0.05, 0) is 76.4 Å².